The van der Waals surface area contributed by atoms with E-state index in [0.717, 1.165) is 0 Å². The Morgan fingerprint density at radius 1 is 1.08 bits per heavy atom. The molecule has 0 unspecified atom stereocenters. The second-order valence-corrected chi connectivity index (χ2v) is 5.61. The third-order valence-corrected chi connectivity index (χ3v) is 3.70. The Labute approximate surface area is 148 Å². The molecule has 1 heterocycles. The molecule has 0 aliphatic heterocycles. The Balaban J connectivity index is 1.54. The van der Waals surface area contributed by atoms with Crippen LogP contribution in [0.1, 0.15) is 22.7 Å². The van der Waals surface area contributed by atoms with Gasteiger partial charge in [0.25, 0.3) is 0 Å². The van der Waals surface area contributed by atoms with Gasteiger partial charge in [-0.2, -0.15) is 0 Å². The van der Waals surface area contributed by atoms with Crippen LogP contribution in [-0.4, -0.2) is 16.8 Å². The number of amides is 2. The lowest BCUT2D eigenvalue weighted by molar-refractivity contribution is -0.116. The third-order valence-electron chi connectivity index (χ3n) is 3.70. The summed E-state index contributed by atoms with van der Waals surface area (Å²) in [6.45, 7) is 0. The maximum Gasteiger partial charge on any atom is 0.248 e. The fraction of sp³-hybridized carbons (Fsp3) is 0.105. The molecule has 2 amide bonds. The van der Waals surface area contributed by atoms with E-state index < -0.39 is 5.91 Å². The number of carbonyl (C=O) groups is 2. The minimum absolute atomic E-state index is 0.181. The number of benzene rings is 2. The molecule has 132 valence electrons. The van der Waals surface area contributed by atoms with E-state index in [1.54, 1.807) is 42.6 Å². The average molecular weight is 353 g/mol. The number of nitrogens with one attached hydrogen (secondary N) is 1. The SMILES string of the molecule is NC(=O)c1ccc(NC(=O)CCc2ncc(-c3ccc(F)cc3)o2)cc1. The molecule has 0 fully saturated rings. The number of hydrogen-bond donors (Lipinski definition) is 2. The van der Waals surface area contributed by atoms with Crippen LogP contribution in [0, 0.1) is 5.82 Å². The Bertz CT molecular complexity index is 918. The van der Waals surface area contributed by atoms with E-state index in [2.05, 4.69) is 10.3 Å². The Morgan fingerprint density at radius 3 is 2.42 bits per heavy atom. The van der Waals surface area contributed by atoms with Crippen molar-refractivity contribution in [2.45, 2.75) is 12.8 Å². The van der Waals surface area contributed by atoms with Crippen molar-refractivity contribution >= 4 is 17.5 Å². The van der Waals surface area contributed by atoms with Crippen LogP contribution < -0.4 is 11.1 Å². The number of aromatic nitrogens is 1. The first-order valence-corrected chi connectivity index (χ1v) is 7.91. The molecule has 0 spiro atoms. The monoisotopic (exact) mass is 353 g/mol. The van der Waals surface area contributed by atoms with Crippen LogP contribution in [0.15, 0.2) is 59.1 Å². The normalized spacial score (nSPS) is 10.5. The summed E-state index contributed by atoms with van der Waals surface area (Å²) in [4.78, 5) is 27.2. The predicted octanol–water partition coefficient (Wildman–Crippen LogP) is 3.15. The van der Waals surface area contributed by atoms with Crippen molar-refractivity contribution in [3.05, 3.63) is 72.0 Å². The van der Waals surface area contributed by atoms with Gasteiger partial charge >= 0.3 is 0 Å². The van der Waals surface area contributed by atoms with Crippen LogP contribution in [0.25, 0.3) is 11.3 Å². The lowest BCUT2D eigenvalue weighted by Crippen LogP contribution is -2.13. The van der Waals surface area contributed by atoms with E-state index in [4.69, 9.17) is 10.2 Å². The molecule has 0 radical (unpaired) electrons. The van der Waals surface area contributed by atoms with Gasteiger partial charge in [-0.3, -0.25) is 9.59 Å². The van der Waals surface area contributed by atoms with Gasteiger partial charge in [0.05, 0.1) is 6.20 Å². The van der Waals surface area contributed by atoms with Crippen LogP contribution >= 0.6 is 0 Å². The van der Waals surface area contributed by atoms with Gasteiger partial charge in [0.15, 0.2) is 11.7 Å². The summed E-state index contributed by atoms with van der Waals surface area (Å²) in [7, 11) is 0. The third kappa shape index (κ3) is 4.32. The van der Waals surface area contributed by atoms with Crippen molar-refractivity contribution in [1.29, 1.82) is 0 Å². The zero-order chi connectivity index (χ0) is 18.5. The standard InChI is InChI=1S/C19H16FN3O3/c20-14-5-1-12(2-6-14)16-11-22-18(26-16)10-9-17(24)23-15-7-3-13(4-8-15)19(21)25/h1-8,11H,9-10H2,(H2,21,25)(H,23,24). The predicted molar refractivity (Wildman–Crippen MR) is 93.8 cm³/mol. The number of nitrogens with two attached hydrogens (primary N) is 1. The fourth-order valence-corrected chi connectivity index (χ4v) is 2.34. The minimum atomic E-state index is -0.524. The number of halogens is 1. The van der Waals surface area contributed by atoms with E-state index in [0.29, 0.717) is 34.9 Å². The average Bonchev–Trinajstić information content (AvgIpc) is 3.10. The van der Waals surface area contributed by atoms with E-state index >= 15 is 0 Å². The summed E-state index contributed by atoms with van der Waals surface area (Å²) in [5.41, 5.74) is 6.82. The van der Waals surface area contributed by atoms with Crippen LogP contribution in [0.4, 0.5) is 10.1 Å². The highest BCUT2D eigenvalue weighted by Crippen LogP contribution is 2.21. The van der Waals surface area contributed by atoms with Gasteiger partial charge in [0.2, 0.25) is 11.8 Å². The minimum Gasteiger partial charge on any atom is -0.441 e. The number of rotatable bonds is 6. The molecule has 6 nitrogen and oxygen atoms in total. The topological polar surface area (TPSA) is 98.2 Å². The number of primary amides is 1. The van der Waals surface area contributed by atoms with Crippen molar-refractivity contribution in [1.82, 2.24) is 4.98 Å². The molecule has 1 aromatic heterocycles. The number of oxazole rings is 1. The number of nitrogens with zero attached hydrogens (tertiary/aromatic N) is 1. The Kier molecular flexibility index (Phi) is 5.07. The Morgan fingerprint density at radius 2 is 1.77 bits per heavy atom. The van der Waals surface area contributed by atoms with Gasteiger partial charge in [0, 0.05) is 29.7 Å². The van der Waals surface area contributed by atoms with E-state index in [9.17, 15) is 14.0 Å². The lowest BCUT2D eigenvalue weighted by Gasteiger charge is -2.04. The highest BCUT2D eigenvalue weighted by Gasteiger charge is 2.10. The van der Waals surface area contributed by atoms with Crippen LogP contribution in [0.3, 0.4) is 0 Å². The number of hydrogen-bond acceptors (Lipinski definition) is 4. The molecule has 0 saturated heterocycles. The van der Waals surface area contributed by atoms with Crippen LogP contribution in [-0.2, 0) is 11.2 Å². The molecular weight excluding hydrogens is 337 g/mol. The summed E-state index contributed by atoms with van der Waals surface area (Å²) >= 11 is 0. The van der Waals surface area contributed by atoms with Gasteiger partial charge < -0.3 is 15.5 Å². The molecule has 0 saturated carbocycles. The quantitative estimate of drug-likeness (QED) is 0.711. The van der Waals surface area contributed by atoms with Gasteiger partial charge in [-0.1, -0.05) is 0 Å². The van der Waals surface area contributed by atoms with Crippen LogP contribution in [0.5, 0.6) is 0 Å². The first kappa shape index (κ1) is 17.3. The molecule has 0 atom stereocenters. The van der Waals surface area contributed by atoms with Gasteiger partial charge in [-0.15, -0.1) is 0 Å². The lowest BCUT2D eigenvalue weighted by atomic mass is 10.2. The highest BCUT2D eigenvalue weighted by molar-refractivity contribution is 5.94. The number of aryl methyl sites for hydroxylation is 1. The molecule has 0 bridgehead atoms. The smallest absolute Gasteiger partial charge is 0.248 e. The molecule has 3 N–H and O–H groups in total. The van der Waals surface area contributed by atoms with Crippen molar-refractivity contribution < 1.29 is 18.4 Å². The zero-order valence-electron chi connectivity index (χ0n) is 13.7. The summed E-state index contributed by atoms with van der Waals surface area (Å²) in [5, 5.41) is 2.72. The number of anilines is 1. The highest BCUT2D eigenvalue weighted by atomic mass is 19.1. The molecule has 3 rings (SSSR count). The fourth-order valence-electron chi connectivity index (χ4n) is 2.34. The second-order valence-electron chi connectivity index (χ2n) is 5.61. The first-order chi connectivity index (χ1) is 12.5. The van der Waals surface area contributed by atoms with E-state index in [-0.39, 0.29) is 18.1 Å². The first-order valence-electron chi connectivity index (χ1n) is 7.91. The summed E-state index contributed by atoms with van der Waals surface area (Å²) in [6.07, 6.45) is 2.05. The number of carbonyl (C=O) groups excluding carboxylic acids is 2. The van der Waals surface area contributed by atoms with Crippen molar-refractivity contribution in [2.24, 2.45) is 5.73 Å². The molecular formula is C19H16FN3O3. The van der Waals surface area contributed by atoms with Gasteiger partial charge in [-0.25, -0.2) is 9.37 Å². The summed E-state index contributed by atoms with van der Waals surface area (Å²) < 4.78 is 18.5. The van der Waals surface area contributed by atoms with Crippen LogP contribution in [0.2, 0.25) is 0 Å². The maximum atomic E-state index is 12.9. The van der Waals surface area contributed by atoms with Gasteiger partial charge in [-0.05, 0) is 48.5 Å². The maximum absolute atomic E-state index is 12.9. The molecule has 0 aliphatic rings. The zero-order valence-corrected chi connectivity index (χ0v) is 13.7. The van der Waals surface area contributed by atoms with Crippen molar-refractivity contribution in [3.63, 3.8) is 0 Å². The van der Waals surface area contributed by atoms with Crippen molar-refractivity contribution in [3.8, 4) is 11.3 Å². The second kappa shape index (κ2) is 7.60. The van der Waals surface area contributed by atoms with E-state index in [1.807, 2.05) is 0 Å². The largest absolute Gasteiger partial charge is 0.441 e. The molecule has 2 aromatic carbocycles. The Hall–Kier alpha value is -3.48. The molecule has 0 aliphatic carbocycles. The van der Waals surface area contributed by atoms with Gasteiger partial charge in [0.1, 0.15) is 5.82 Å². The molecule has 3 aromatic rings. The summed E-state index contributed by atoms with van der Waals surface area (Å²) in [6, 6.07) is 12.2. The summed E-state index contributed by atoms with van der Waals surface area (Å²) in [5.74, 6) is -0.123. The molecule has 26 heavy (non-hydrogen) atoms. The molecule has 7 heteroatoms. The van der Waals surface area contributed by atoms with E-state index in [1.165, 1.54) is 12.1 Å². The van der Waals surface area contributed by atoms with Crippen molar-refractivity contribution in [2.75, 3.05) is 5.32 Å².